The number of ether oxygens (including phenoxy) is 5. The normalized spacial score (nSPS) is 23.8. The summed E-state index contributed by atoms with van der Waals surface area (Å²) in [5, 5.41) is 0. The Hall–Kier alpha value is -3.18. The van der Waals surface area contributed by atoms with Gasteiger partial charge in [0.05, 0.1) is 19.3 Å². The summed E-state index contributed by atoms with van der Waals surface area (Å²) < 4.78 is 29.3. The molecule has 0 aliphatic carbocycles. The molecule has 0 unspecified atom stereocenters. The number of hydrogen-bond donors (Lipinski definition) is 0. The highest BCUT2D eigenvalue weighted by atomic mass is 16.7. The minimum Gasteiger partial charge on any atom is -0.493 e. The van der Waals surface area contributed by atoms with Gasteiger partial charge in [0, 0.05) is 0 Å². The smallest absolute Gasteiger partial charge is 0.231 e. The quantitative estimate of drug-likeness (QED) is 0.472. The van der Waals surface area contributed by atoms with Crippen LogP contribution in [-0.2, 0) is 11.3 Å². The van der Waals surface area contributed by atoms with Gasteiger partial charge in [-0.2, -0.15) is 0 Å². The molecule has 5 rings (SSSR count). The summed E-state index contributed by atoms with van der Waals surface area (Å²) in [6, 6.07) is 22.3. The van der Waals surface area contributed by atoms with Crippen LogP contribution < -0.4 is 18.9 Å². The lowest BCUT2D eigenvalue weighted by Crippen LogP contribution is -2.10. The third-order valence-electron chi connectivity index (χ3n) is 6.56. The molecule has 0 aromatic heterocycles. The molecule has 0 amide bonds. The Kier molecular flexibility index (Phi) is 5.66. The van der Waals surface area contributed by atoms with Crippen LogP contribution in [0.3, 0.4) is 0 Å². The van der Waals surface area contributed by atoms with Gasteiger partial charge in [0.15, 0.2) is 23.0 Å². The molecular weight excluding hydrogens is 404 g/mol. The van der Waals surface area contributed by atoms with Crippen LogP contribution >= 0.6 is 0 Å². The van der Waals surface area contributed by atoms with Crippen molar-refractivity contribution in [3.63, 3.8) is 0 Å². The second-order valence-corrected chi connectivity index (χ2v) is 8.49. The predicted molar refractivity (Wildman–Crippen MR) is 121 cm³/mol. The topological polar surface area (TPSA) is 46.2 Å². The van der Waals surface area contributed by atoms with Gasteiger partial charge in [0.2, 0.25) is 6.79 Å². The van der Waals surface area contributed by atoms with Crippen molar-refractivity contribution in [3.8, 4) is 23.0 Å². The van der Waals surface area contributed by atoms with Gasteiger partial charge in [-0.3, -0.25) is 0 Å². The SMILES string of the molecule is COc1cc([C@@H]2O[C@@H](c3ccc4c(c3)OCO4)[C@H](C)[C@H]2C)ccc1OCc1ccccc1. The summed E-state index contributed by atoms with van der Waals surface area (Å²) in [4.78, 5) is 0. The molecule has 2 heterocycles. The number of methoxy groups -OCH3 is 1. The van der Waals surface area contributed by atoms with E-state index in [0.717, 1.165) is 33.9 Å². The molecule has 1 fully saturated rings. The zero-order valence-corrected chi connectivity index (χ0v) is 18.6. The van der Waals surface area contributed by atoms with Crippen molar-refractivity contribution >= 4 is 0 Å². The van der Waals surface area contributed by atoms with Crippen LogP contribution in [0.1, 0.15) is 42.7 Å². The van der Waals surface area contributed by atoms with E-state index in [-0.39, 0.29) is 19.0 Å². The first-order valence-corrected chi connectivity index (χ1v) is 11.0. The maximum atomic E-state index is 6.59. The first-order chi connectivity index (χ1) is 15.6. The molecule has 0 radical (unpaired) electrons. The minimum atomic E-state index is -0.0301. The highest BCUT2D eigenvalue weighted by molar-refractivity contribution is 5.46. The van der Waals surface area contributed by atoms with E-state index in [4.69, 9.17) is 23.7 Å². The third kappa shape index (κ3) is 3.89. The molecule has 4 atom stereocenters. The van der Waals surface area contributed by atoms with E-state index in [1.807, 2.05) is 54.6 Å². The molecule has 0 saturated carbocycles. The fourth-order valence-electron chi connectivity index (χ4n) is 4.53. The first kappa shape index (κ1) is 20.7. The Balaban J connectivity index is 1.34. The van der Waals surface area contributed by atoms with Crippen molar-refractivity contribution in [1.82, 2.24) is 0 Å². The molecule has 3 aromatic carbocycles. The Bertz CT molecular complexity index is 1080. The molecule has 166 valence electrons. The summed E-state index contributed by atoms with van der Waals surface area (Å²) in [5.41, 5.74) is 3.33. The van der Waals surface area contributed by atoms with E-state index >= 15 is 0 Å². The van der Waals surface area contributed by atoms with Crippen molar-refractivity contribution in [2.24, 2.45) is 11.8 Å². The van der Waals surface area contributed by atoms with Gasteiger partial charge in [-0.15, -0.1) is 0 Å². The van der Waals surface area contributed by atoms with Gasteiger partial charge in [0.1, 0.15) is 6.61 Å². The van der Waals surface area contributed by atoms with Crippen molar-refractivity contribution in [2.75, 3.05) is 13.9 Å². The molecule has 5 heteroatoms. The highest BCUT2D eigenvalue weighted by Crippen LogP contribution is 2.51. The Labute approximate surface area is 188 Å². The van der Waals surface area contributed by atoms with Gasteiger partial charge in [-0.05, 0) is 52.8 Å². The highest BCUT2D eigenvalue weighted by Gasteiger charge is 2.41. The van der Waals surface area contributed by atoms with Gasteiger partial charge in [0.25, 0.3) is 0 Å². The van der Waals surface area contributed by atoms with Crippen LogP contribution in [0, 0.1) is 11.8 Å². The van der Waals surface area contributed by atoms with Gasteiger partial charge in [-0.1, -0.05) is 56.3 Å². The van der Waals surface area contributed by atoms with Crippen LogP contribution in [0.5, 0.6) is 23.0 Å². The van der Waals surface area contributed by atoms with E-state index in [2.05, 4.69) is 26.0 Å². The zero-order chi connectivity index (χ0) is 22.1. The standard InChI is InChI=1S/C27H28O5/c1-17-18(2)27(21-10-12-23-25(14-21)31-16-30-23)32-26(17)20-9-11-22(24(13-20)28-3)29-15-19-7-5-4-6-8-19/h4-14,17-18,26-27H,15-16H2,1-3H3/t17-,18-,26-,27-/m1/s1. The summed E-state index contributed by atoms with van der Waals surface area (Å²) in [6.45, 7) is 5.26. The van der Waals surface area contributed by atoms with Gasteiger partial charge < -0.3 is 23.7 Å². The van der Waals surface area contributed by atoms with E-state index in [0.29, 0.717) is 24.2 Å². The Morgan fingerprint density at radius 1 is 0.781 bits per heavy atom. The van der Waals surface area contributed by atoms with Crippen molar-refractivity contribution < 1.29 is 23.7 Å². The molecule has 0 bridgehead atoms. The molecule has 32 heavy (non-hydrogen) atoms. The minimum absolute atomic E-state index is 0.00972. The average molecular weight is 433 g/mol. The number of hydrogen-bond acceptors (Lipinski definition) is 5. The molecule has 5 nitrogen and oxygen atoms in total. The summed E-state index contributed by atoms with van der Waals surface area (Å²) in [5.74, 6) is 3.71. The first-order valence-electron chi connectivity index (χ1n) is 11.0. The fourth-order valence-corrected chi connectivity index (χ4v) is 4.53. The number of fused-ring (bicyclic) bond motifs is 1. The van der Waals surface area contributed by atoms with E-state index in [9.17, 15) is 0 Å². The van der Waals surface area contributed by atoms with Gasteiger partial charge in [-0.25, -0.2) is 0 Å². The Morgan fingerprint density at radius 3 is 2.22 bits per heavy atom. The third-order valence-corrected chi connectivity index (χ3v) is 6.56. The Morgan fingerprint density at radius 2 is 1.47 bits per heavy atom. The van der Waals surface area contributed by atoms with E-state index in [1.54, 1.807) is 7.11 Å². The summed E-state index contributed by atoms with van der Waals surface area (Å²) in [6.07, 6.45) is -0.0398. The number of rotatable bonds is 6. The summed E-state index contributed by atoms with van der Waals surface area (Å²) in [7, 11) is 1.67. The van der Waals surface area contributed by atoms with Crippen LogP contribution in [0.4, 0.5) is 0 Å². The molecule has 0 N–H and O–H groups in total. The van der Waals surface area contributed by atoms with Crippen LogP contribution in [0.15, 0.2) is 66.7 Å². The zero-order valence-electron chi connectivity index (χ0n) is 18.6. The lowest BCUT2D eigenvalue weighted by molar-refractivity contribution is 0.0288. The van der Waals surface area contributed by atoms with Crippen molar-refractivity contribution in [2.45, 2.75) is 32.7 Å². The lowest BCUT2D eigenvalue weighted by atomic mass is 9.85. The van der Waals surface area contributed by atoms with Crippen molar-refractivity contribution in [3.05, 3.63) is 83.4 Å². The van der Waals surface area contributed by atoms with E-state index < -0.39 is 0 Å². The molecule has 0 spiro atoms. The molecular formula is C27H28O5. The molecule has 3 aromatic rings. The molecule has 2 aliphatic heterocycles. The fraction of sp³-hybridized carbons (Fsp3) is 0.333. The molecule has 1 saturated heterocycles. The maximum Gasteiger partial charge on any atom is 0.231 e. The molecule has 2 aliphatic rings. The average Bonchev–Trinajstić information content (AvgIpc) is 3.42. The monoisotopic (exact) mass is 432 g/mol. The maximum absolute atomic E-state index is 6.59. The lowest BCUT2D eigenvalue weighted by Gasteiger charge is -2.19. The second kappa shape index (κ2) is 8.75. The van der Waals surface area contributed by atoms with Crippen LogP contribution in [0.2, 0.25) is 0 Å². The van der Waals surface area contributed by atoms with Crippen LogP contribution in [-0.4, -0.2) is 13.9 Å². The number of benzene rings is 3. The second-order valence-electron chi connectivity index (χ2n) is 8.49. The predicted octanol–water partition coefficient (Wildman–Crippen LogP) is 6.09. The summed E-state index contributed by atoms with van der Waals surface area (Å²) >= 11 is 0. The van der Waals surface area contributed by atoms with Gasteiger partial charge >= 0.3 is 0 Å². The van der Waals surface area contributed by atoms with Crippen LogP contribution in [0.25, 0.3) is 0 Å². The van der Waals surface area contributed by atoms with E-state index in [1.165, 1.54) is 0 Å². The van der Waals surface area contributed by atoms with Crippen molar-refractivity contribution in [1.29, 1.82) is 0 Å². The largest absolute Gasteiger partial charge is 0.493 e.